The summed E-state index contributed by atoms with van der Waals surface area (Å²) in [5.74, 6) is -0.793. The summed E-state index contributed by atoms with van der Waals surface area (Å²) in [4.78, 5) is 23.6. The molecule has 2 rings (SSSR count). The van der Waals surface area contributed by atoms with Gasteiger partial charge in [-0.2, -0.15) is 0 Å². The van der Waals surface area contributed by atoms with Crippen LogP contribution in [0, 0.1) is 5.82 Å². The van der Waals surface area contributed by atoms with Gasteiger partial charge in [0.25, 0.3) is 5.91 Å². The van der Waals surface area contributed by atoms with Crippen molar-refractivity contribution >= 4 is 23.2 Å². The van der Waals surface area contributed by atoms with Crippen molar-refractivity contribution in [2.45, 2.75) is 19.8 Å². The van der Waals surface area contributed by atoms with E-state index in [4.69, 9.17) is 0 Å². The highest BCUT2D eigenvalue weighted by Gasteiger charge is 2.07. The second-order valence-corrected chi connectivity index (χ2v) is 4.84. The molecule has 0 saturated heterocycles. The van der Waals surface area contributed by atoms with Gasteiger partial charge in [-0.25, -0.2) is 4.39 Å². The van der Waals surface area contributed by atoms with Gasteiger partial charge in [0, 0.05) is 23.4 Å². The van der Waals surface area contributed by atoms with Gasteiger partial charge >= 0.3 is 0 Å². The summed E-state index contributed by atoms with van der Waals surface area (Å²) in [7, 11) is 0. The molecule has 4 nitrogen and oxygen atoms in total. The minimum absolute atomic E-state index is 0.0653. The first-order chi connectivity index (χ1) is 10.6. The molecule has 2 aromatic rings. The average molecular weight is 300 g/mol. The van der Waals surface area contributed by atoms with Crippen molar-refractivity contribution in [1.82, 2.24) is 0 Å². The molecular formula is C17H17FN2O2. The zero-order chi connectivity index (χ0) is 15.9. The van der Waals surface area contributed by atoms with Crippen LogP contribution in [-0.4, -0.2) is 11.8 Å². The maximum Gasteiger partial charge on any atom is 0.255 e. The molecule has 2 amide bonds. The Balaban J connectivity index is 2.05. The molecule has 0 heterocycles. The lowest BCUT2D eigenvalue weighted by molar-refractivity contribution is -0.116. The molecule has 0 spiro atoms. The molecule has 0 unspecified atom stereocenters. The predicted molar refractivity (Wildman–Crippen MR) is 84.3 cm³/mol. The number of hydrogen-bond acceptors (Lipinski definition) is 2. The van der Waals surface area contributed by atoms with Crippen LogP contribution in [0.15, 0.2) is 48.5 Å². The summed E-state index contributed by atoms with van der Waals surface area (Å²) in [5, 5.41) is 5.47. The van der Waals surface area contributed by atoms with Gasteiger partial charge in [0.1, 0.15) is 5.82 Å². The number of rotatable bonds is 5. The number of anilines is 2. The fraction of sp³-hybridized carbons (Fsp3) is 0.176. The Bertz CT molecular complexity index is 669. The third-order valence-corrected chi connectivity index (χ3v) is 2.99. The molecule has 114 valence electrons. The molecule has 0 bridgehead atoms. The number of halogens is 1. The molecule has 22 heavy (non-hydrogen) atoms. The minimum atomic E-state index is -0.391. The largest absolute Gasteiger partial charge is 0.326 e. The number of nitrogens with one attached hydrogen (secondary N) is 2. The van der Waals surface area contributed by atoms with Crippen LogP contribution < -0.4 is 10.6 Å². The van der Waals surface area contributed by atoms with Gasteiger partial charge in [-0.3, -0.25) is 9.59 Å². The van der Waals surface area contributed by atoms with E-state index in [1.165, 1.54) is 24.3 Å². The SMILES string of the molecule is CCCC(=O)Nc1cccc(NC(=O)c2ccc(F)cc2)c1. The van der Waals surface area contributed by atoms with E-state index < -0.39 is 5.82 Å². The lowest BCUT2D eigenvalue weighted by Crippen LogP contribution is -2.13. The zero-order valence-electron chi connectivity index (χ0n) is 12.2. The first kappa shape index (κ1) is 15.7. The van der Waals surface area contributed by atoms with E-state index >= 15 is 0 Å². The maximum absolute atomic E-state index is 12.8. The second kappa shape index (κ2) is 7.36. The molecular weight excluding hydrogens is 283 g/mol. The number of hydrogen-bond donors (Lipinski definition) is 2. The van der Waals surface area contributed by atoms with Crippen LogP contribution in [0.2, 0.25) is 0 Å². The summed E-state index contributed by atoms with van der Waals surface area (Å²) in [6.45, 7) is 1.93. The third kappa shape index (κ3) is 4.41. The van der Waals surface area contributed by atoms with Crippen molar-refractivity contribution in [3.63, 3.8) is 0 Å². The van der Waals surface area contributed by atoms with Gasteiger partial charge in [0.2, 0.25) is 5.91 Å². The van der Waals surface area contributed by atoms with E-state index in [1.807, 2.05) is 6.92 Å². The Morgan fingerprint density at radius 2 is 1.64 bits per heavy atom. The molecule has 0 fully saturated rings. The number of benzene rings is 2. The molecule has 0 saturated carbocycles. The first-order valence-electron chi connectivity index (χ1n) is 7.05. The molecule has 0 aliphatic heterocycles. The summed E-state index contributed by atoms with van der Waals surface area (Å²) in [6, 6.07) is 12.2. The van der Waals surface area contributed by atoms with Crippen LogP contribution in [0.3, 0.4) is 0 Å². The van der Waals surface area contributed by atoms with Gasteiger partial charge in [-0.05, 0) is 48.9 Å². The van der Waals surface area contributed by atoms with Crippen LogP contribution in [0.1, 0.15) is 30.1 Å². The molecule has 0 aromatic heterocycles. The zero-order valence-corrected chi connectivity index (χ0v) is 12.2. The summed E-state index contributed by atoms with van der Waals surface area (Å²) >= 11 is 0. The summed E-state index contributed by atoms with van der Waals surface area (Å²) in [6.07, 6.45) is 1.22. The highest BCUT2D eigenvalue weighted by molar-refractivity contribution is 6.04. The van der Waals surface area contributed by atoms with Crippen molar-refractivity contribution in [2.75, 3.05) is 10.6 Å². The number of carbonyl (C=O) groups is 2. The average Bonchev–Trinajstić information content (AvgIpc) is 2.48. The van der Waals surface area contributed by atoms with Crippen LogP contribution in [0.5, 0.6) is 0 Å². The Kier molecular flexibility index (Phi) is 5.25. The first-order valence-corrected chi connectivity index (χ1v) is 7.05. The van der Waals surface area contributed by atoms with E-state index in [2.05, 4.69) is 10.6 Å². The summed E-state index contributed by atoms with van der Waals surface area (Å²) in [5.41, 5.74) is 1.54. The molecule has 2 aromatic carbocycles. The Morgan fingerprint density at radius 3 is 2.27 bits per heavy atom. The van der Waals surface area contributed by atoms with E-state index in [0.717, 1.165) is 6.42 Å². The molecule has 0 radical (unpaired) electrons. The number of carbonyl (C=O) groups excluding carboxylic acids is 2. The Hall–Kier alpha value is -2.69. The fourth-order valence-electron chi connectivity index (χ4n) is 1.93. The molecule has 2 N–H and O–H groups in total. The van der Waals surface area contributed by atoms with E-state index in [0.29, 0.717) is 23.4 Å². The quantitative estimate of drug-likeness (QED) is 0.882. The van der Waals surface area contributed by atoms with Gasteiger partial charge < -0.3 is 10.6 Å². The topological polar surface area (TPSA) is 58.2 Å². The van der Waals surface area contributed by atoms with Crippen molar-refractivity contribution in [2.24, 2.45) is 0 Å². The molecule has 0 atom stereocenters. The Labute approximate surface area is 128 Å². The van der Waals surface area contributed by atoms with Crippen molar-refractivity contribution in [3.8, 4) is 0 Å². The monoisotopic (exact) mass is 300 g/mol. The lowest BCUT2D eigenvalue weighted by Gasteiger charge is -2.08. The summed E-state index contributed by atoms with van der Waals surface area (Å²) < 4.78 is 12.8. The smallest absolute Gasteiger partial charge is 0.255 e. The van der Waals surface area contributed by atoms with Crippen LogP contribution in [0.25, 0.3) is 0 Å². The molecule has 5 heteroatoms. The second-order valence-electron chi connectivity index (χ2n) is 4.84. The Morgan fingerprint density at radius 1 is 1.00 bits per heavy atom. The van der Waals surface area contributed by atoms with Gasteiger partial charge in [-0.15, -0.1) is 0 Å². The van der Waals surface area contributed by atoms with Crippen molar-refractivity contribution in [1.29, 1.82) is 0 Å². The highest BCUT2D eigenvalue weighted by atomic mass is 19.1. The van der Waals surface area contributed by atoms with E-state index in [1.54, 1.807) is 24.3 Å². The van der Waals surface area contributed by atoms with E-state index in [-0.39, 0.29) is 11.8 Å². The van der Waals surface area contributed by atoms with Crippen LogP contribution >= 0.6 is 0 Å². The van der Waals surface area contributed by atoms with E-state index in [9.17, 15) is 14.0 Å². The van der Waals surface area contributed by atoms with Gasteiger partial charge in [0.15, 0.2) is 0 Å². The maximum atomic E-state index is 12.8. The van der Waals surface area contributed by atoms with Crippen LogP contribution in [-0.2, 0) is 4.79 Å². The lowest BCUT2D eigenvalue weighted by atomic mass is 10.2. The standard InChI is InChI=1S/C17H17FN2O2/c1-2-4-16(21)19-14-5-3-6-15(11-14)20-17(22)12-7-9-13(18)10-8-12/h3,5-11H,2,4H2,1H3,(H,19,21)(H,20,22). The van der Waals surface area contributed by atoms with Gasteiger partial charge in [-0.1, -0.05) is 13.0 Å². The van der Waals surface area contributed by atoms with Gasteiger partial charge in [0.05, 0.1) is 0 Å². The molecule has 0 aliphatic carbocycles. The minimum Gasteiger partial charge on any atom is -0.326 e. The number of amides is 2. The molecule has 0 aliphatic rings. The normalized spacial score (nSPS) is 10.1. The van der Waals surface area contributed by atoms with Crippen LogP contribution in [0.4, 0.5) is 15.8 Å². The third-order valence-electron chi connectivity index (χ3n) is 2.99. The fourth-order valence-corrected chi connectivity index (χ4v) is 1.93. The van der Waals surface area contributed by atoms with Crippen molar-refractivity contribution in [3.05, 3.63) is 59.9 Å². The van der Waals surface area contributed by atoms with Crippen molar-refractivity contribution < 1.29 is 14.0 Å². The highest BCUT2D eigenvalue weighted by Crippen LogP contribution is 2.16. The predicted octanol–water partition coefficient (Wildman–Crippen LogP) is 3.82.